The van der Waals surface area contributed by atoms with Crippen LogP contribution in [0.15, 0.2) is 30.3 Å². The van der Waals surface area contributed by atoms with Crippen LogP contribution in [0.25, 0.3) is 11.0 Å². The molecule has 160 valence electrons. The summed E-state index contributed by atoms with van der Waals surface area (Å²) >= 11 is 0. The predicted molar refractivity (Wildman–Crippen MR) is 120 cm³/mol. The number of fused-ring (bicyclic) bond motifs is 1. The number of imidazole rings is 1. The van der Waals surface area contributed by atoms with Crippen LogP contribution in [-0.4, -0.2) is 63.3 Å². The van der Waals surface area contributed by atoms with Crippen molar-refractivity contribution in [2.45, 2.75) is 39.7 Å². The number of carbonyl (C=O) groups excluding carboxylic acids is 1. The molecule has 8 nitrogen and oxygen atoms in total. The highest BCUT2D eigenvalue weighted by molar-refractivity contribution is 5.91. The van der Waals surface area contributed by atoms with Crippen molar-refractivity contribution in [3.8, 4) is 0 Å². The van der Waals surface area contributed by atoms with Crippen LogP contribution in [0.4, 0.5) is 11.8 Å². The van der Waals surface area contributed by atoms with Crippen LogP contribution in [0.5, 0.6) is 0 Å². The van der Waals surface area contributed by atoms with E-state index < -0.39 is 0 Å². The number of aromatic nitrogens is 4. The fourth-order valence-corrected chi connectivity index (χ4v) is 3.92. The summed E-state index contributed by atoms with van der Waals surface area (Å²) < 4.78 is 1.88. The SMILES string of the molecule is Cc1cc(NC(=O)CN2CCCN(c3nc4ccccc4[nH]3)CC2)n(C(C)(C)C)n1. The summed E-state index contributed by atoms with van der Waals surface area (Å²) in [6, 6.07) is 10.0. The lowest BCUT2D eigenvalue weighted by atomic mass is 10.1. The van der Waals surface area contributed by atoms with E-state index in [2.05, 4.69) is 46.0 Å². The van der Waals surface area contributed by atoms with Crippen LogP contribution in [0.3, 0.4) is 0 Å². The Morgan fingerprint density at radius 1 is 1.17 bits per heavy atom. The third-order valence-electron chi connectivity index (χ3n) is 5.37. The highest BCUT2D eigenvalue weighted by atomic mass is 16.2. The minimum absolute atomic E-state index is 0.00223. The van der Waals surface area contributed by atoms with E-state index in [1.54, 1.807) is 0 Å². The van der Waals surface area contributed by atoms with Gasteiger partial charge in [-0.2, -0.15) is 5.10 Å². The summed E-state index contributed by atoms with van der Waals surface area (Å²) in [5.74, 6) is 1.66. The number of H-pyrrole nitrogens is 1. The monoisotopic (exact) mass is 409 g/mol. The van der Waals surface area contributed by atoms with Crippen LogP contribution in [0.2, 0.25) is 0 Å². The number of anilines is 2. The Morgan fingerprint density at radius 3 is 2.73 bits per heavy atom. The Hall–Kier alpha value is -2.87. The highest BCUT2D eigenvalue weighted by Crippen LogP contribution is 2.21. The number of nitrogens with one attached hydrogen (secondary N) is 2. The number of carbonyl (C=O) groups is 1. The van der Waals surface area contributed by atoms with Gasteiger partial charge >= 0.3 is 0 Å². The first kappa shape index (κ1) is 20.4. The van der Waals surface area contributed by atoms with E-state index in [1.165, 1.54) is 0 Å². The lowest BCUT2D eigenvalue weighted by molar-refractivity contribution is -0.117. The van der Waals surface area contributed by atoms with Crippen molar-refractivity contribution < 1.29 is 4.79 Å². The number of amides is 1. The minimum Gasteiger partial charge on any atom is -0.341 e. The van der Waals surface area contributed by atoms with Crippen molar-refractivity contribution in [3.05, 3.63) is 36.0 Å². The predicted octanol–water partition coefficient (Wildman–Crippen LogP) is 2.97. The second-order valence-electron chi connectivity index (χ2n) is 9.00. The number of aryl methyl sites for hydroxylation is 1. The van der Waals surface area contributed by atoms with Gasteiger partial charge in [0.15, 0.2) is 0 Å². The number of benzene rings is 1. The van der Waals surface area contributed by atoms with Gasteiger partial charge < -0.3 is 15.2 Å². The molecule has 1 fully saturated rings. The van der Waals surface area contributed by atoms with Crippen molar-refractivity contribution in [1.82, 2.24) is 24.6 Å². The van der Waals surface area contributed by atoms with Crippen LogP contribution in [0, 0.1) is 6.92 Å². The van der Waals surface area contributed by atoms with Crippen LogP contribution >= 0.6 is 0 Å². The summed E-state index contributed by atoms with van der Waals surface area (Å²) in [6.07, 6.45) is 0.989. The van der Waals surface area contributed by atoms with Gasteiger partial charge in [0.25, 0.3) is 0 Å². The average molecular weight is 410 g/mol. The molecular formula is C22H31N7O. The van der Waals surface area contributed by atoms with Crippen molar-refractivity contribution in [2.24, 2.45) is 0 Å². The molecule has 8 heteroatoms. The number of hydrogen-bond donors (Lipinski definition) is 2. The number of hydrogen-bond acceptors (Lipinski definition) is 5. The largest absolute Gasteiger partial charge is 0.341 e. The van der Waals surface area contributed by atoms with Crippen molar-refractivity contribution in [1.29, 1.82) is 0 Å². The maximum Gasteiger partial charge on any atom is 0.239 e. The first-order chi connectivity index (χ1) is 14.3. The van der Waals surface area contributed by atoms with Crippen LogP contribution in [-0.2, 0) is 10.3 Å². The van der Waals surface area contributed by atoms with Crippen LogP contribution < -0.4 is 10.2 Å². The van der Waals surface area contributed by atoms with E-state index >= 15 is 0 Å². The molecule has 2 aromatic heterocycles. The number of para-hydroxylation sites is 2. The molecule has 0 unspecified atom stereocenters. The van der Waals surface area contributed by atoms with E-state index in [0.717, 1.165) is 61.1 Å². The van der Waals surface area contributed by atoms with Gasteiger partial charge in [-0.05, 0) is 46.2 Å². The summed E-state index contributed by atoms with van der Waals surface area (Å²) in [5, 5.41) is 7.58. The number of rotatable bonds is 4. The third-order valence-corrected chi connectivity index (χ3v) is 5.37. The molecule has 0 saturated carbocycles. The zero-order valence-electron chi connectivity index (χ0n) is 18.3. The molecule has 3 heterocycles. The molecule has 1 aliphatic heterocycles. The maximum atomic E-state index is 12.7. The van der Waals surface area contributed by atoms with Gasteiger partial charge in [-0.3, -0.25) is 9.69 Å². The van der Waals surface area contributed by atoms with Gasteiger partial charge in [-0.25, -0.2) is 9.67 Å². The molecule has 0 aliphatic carbocycles. The summed E-state index contributed by atoms with van der Waals surface area (Å²) in [7, 11) is 0. The molecule has 0 radical (unpaired) electrons. The number of aromatic amines is 1. The van der Waals surface area contributed by atoms with Crippen molar-refractivity contribution in [3.63, 3.8) is 0 Å². The van der Waals surface area contributed by atoms with Gasteiger partial charge in [0.1, 0.15) is 5.82 Å². The van der Waals surface area contributed by atoms with Gasteiger partial charge in [0.05, 0.1) is 28.8 Å². The molecule has 4 rings (SSSR count). The van der Waals surface area contributed by atoms with Crippen LogP contribution in [0.1, 0.15) is 32.9 Å². The summed E-state index contributed by atoms with van der Waals surface area (Å²) in [6.45, 7) is 12.0. The Morgan fingerprint density at radius 2 is 1.97 bits per heavy atom. The topological polar surface area (TPSA) is 82.1 Å². The minimum atomic E-state index is -0.188. The van der Waals surface area contributed by atoms with Gasteiger partial charge in [-0.15, -0.1) is 0 Å². The molecule has 30 heavy (non-hydrogen) atoms. The zero-order chi connectivity index (χ0) is 21.3. The Bertz CT molecular complexity index is 997. The van der Waals surface area contributed by atoms with Gasteiger partial charge in [0.2, 0.25) is 11.9 Å². The van der Waals surface area contributed by atoms with Gasteiger partial charge in [-0.1, -0.05) is 12.1 Å². The van der Waals surface area contributed by atoms with Crippen molar-refractivity contribution in [2.75, 3.05) is 42.9 Å². The molecular weight excluding hydrogens is 378 g/mol. The second kappa shape index (κ2) is 8.10. The number of nitrogens with zero attached hydrogens (tertiary/aromatic N) is 5. The molecule has 1 amide bonds. The molecule has 0 bridgehead atoms. The summed E-state index contributed by atoms with van der Waals surface area (Å²) in [5.41, 5.74) is 2.75. The lowest BCUT2D eigenvalue weighted by Crippen LogP contribution is -2.37. The second-order valence-corrected chi connectivity index (χ2v) is 9.00. The Labute approximate surface area is 177 Å². The lowest BCUT2D eigenvalue weighted by Gasteiger charge is -2.24. The molecule has 1 saturated heterocycles. The van der Waals surface area contributed by atoms with E-state index in [9.17, 15) is 4.79 Å². The first-order valence-corrected chi connectivity index (χ1v) is 10.6. The molecule has 3 aromatic rings. The molecule has 1 aliphatic rings. The van der Waals surface area contributed by atoms with E-state index in [0.29, 0.717) is 6.54 Å². The average Bonchev–Trinajstić information content (AvgIpc) is 3.19. The maximum absolute atomic E-state index is 12.7. The smallest absolute Gasteiger partial charge is 0.239 e. The summed E-state index contributed by atoms with van der Waals surface area (Å²) in [4.78, 5) is 25.3. The third kappa shape index (κ3) is 4.48. The Balaban J connectivity index is 1.36. The molecule has 2 N–H and O–H groups in total. The van der Waals surface area contributed by atoms with E-state index in [-0.39, 0.29) is 11.4 Å². The van der Waals surface area contributed by atoms with Gasteiger partial charge in [0, 0.05) is 32.2 Å². The fourth-order valence-electron chi connectivity index (χ4n) is 3.92. The molecule has 0 spiro atoms. The first-order valence-electron chi connectivity index (χ1n) is 10.6. The molecule has 1 aromatic carbocycles. The van der Waals surface area contributed by atoms with E-state index in [1.807, 2.05) is 41.9 Å². The zero-order valence-corrected chi connectivity index (χ0v) is 18.3. The normalized spacial score (nSPS) is 16.1. The quantitative estimate of drug-likeness (QED) is 0.692. The van der Waals surface area contributed by atoms with E-state index in [4.69, 9.17) is 4.98 Å². The standard InChI is InChI=1S/C22H31N7O/c1-16-14-19(29(26-16)22(2,3)4)25-20(30)15-27-10-7-11-28(13-12-27)21-23-17-8-5-6-9-18(17)24-21/h5-6,8-9,14H,7,10-13,15H2,1-4H3,(H,23,24)(H,25,30). The van der Waals surface area contributed by atoms with Crippen molar-refractivity contribution >= 4 is 28.7 Å². The molecule has 0 atom stereocenters. The highest BCUT2D eigenvalue weighted by Gasteiger charge is 2.22. The Kier molecular flexibility index (Phi) is 5.51. The fraction of sp³-hybridized carbons (Fsp3) is 0.500.